The Kier molecular flexibility index (Phi) is 5.47. The summed E-state index contributed by atoms with van der Waals surface area (Å²) in [5.74, 6) is 0.976. The van der Waals surface area contributed by atoms with Gasteiger partial charge in [0, 0.05) is 42.7 Å². The topological polar surface area (TPSA) is 115 Å². The van der Waals surface area contributed by atoms with Gasteiger partial charge in [0.05, 0.1) is 18.1 Å². The van der Waals surface area contributed by atoms with E-state index < -0.39 is 5.60 Å². The highest BCUT2D eigenvalue weighted by Crippen LogP contribution is 2.44. The maximum Gasteiger partial charge on any atom is 0.230 e. The number of anilines is 3. The molecule has 0 radical (unpaired) electrons. The molecule has 4 N–H and O–H groups in total. The third-order valence-corrected chi connectivity index (χ3v) is 6.91. The third kappa shape index (κ3) is 4.48. The summed E-state index contributed by atoms with van der Waals surface area (Å²) >= 11 is 1.51. The van der Waals surface area contributed by atoms with Crippen molar-refractivity contribution < 1.29 is 14.6 Å². The molecule has 3 heterocycles. The maximum atomic E-state index is 10.6. The summed E-state index contributed by atoms with van der Waals surface area (Å²) in [6.07, 6.45) is 7.88. The van der Waals surface area contributed by atoms with Gasteiger partial charge in [0.1, 0.15) is 16.7 Å². The van der Waals surface area contributed by atoms with Crippen LogP contribution >= 0.6 is 11.3 Å². The van der Waals surface area contributed by atoms with Gasteiger partial charge in [-0.2, -0.15) is 4.98 Å². The van der Waals surface area contributed by atoms with Gasteiger partial charge in [-0.3, -0.25) is 0 Å². The fourth-order valence-corrected chi connectivity index (χ4v) is 4.82. The van der Waals surface area contributed by atoms with Crippen LogP contribution in [0.25, 0.3) is 10.4 Å². The molecule has 0 atom stereocenters. The highest BCUT2D eigenvalue weighted by Gasteiger charge is 2.39. The van der Waals surface area contributed by atoms with Crippen LogP contribution in [0.3, 0.4) is 0 Å². The van der Waals surface area contributed by atoms with Crippen molar-refractivity contribution in [2.75, 3.05) is 24.3 Å². The maximum absolute atomic E-state index is 10.6. The number of nitrogen functional groups attached to an aromatic ring is 1. The monoisotopic (exact) mass is 439 g/mol. The number of benzene rings is 1. The number of thiazole rings is 1. The lowest BCUT2D eigenvalue weighted by atomic mass is 9.81. The fourth-order valence-electron chi connectivity index (χ4n) is 3.78. The SMILES string of the molecule is Nc1cc(Nc2nccc(OC3CCOCC3)n2)cc(-c2cnc(C3(O)CCC3)s2)c1. The quantitative estimate of drug-likeness (QED) is 0.496. The first kappa shape index (κ1) is 20.2. The van der Waals surface area contributed by atoms with Crippen molar-refractivity contribution in [2.24, 2.45) is 0 Å². The number of hydrogen-bond acceptors (Lipinski definition) is 9. The molecule has 1 saturated heterocycles. The lowest BCUT2D eigenvalue weighted by Crippen LogP contribution is -2.33. The molecular weight excluding hydrogens is 414 g/mol. The Labute approximate surface area is 184 Å². The first-order chi connectivity index (χ1) is 15.1. The molecule has 0 spiro atoms. The van der Waals surface area contributed by atoms with E-state index in [2.05, 4.69) is 20.3 Å². The summed E-state index contributed by atoms with van der Waals surface area (Å²) in [6, 6.07) is 7.47. The minimum atomic E-state index is -0.761. The molecule has 1 aliphatic heterocycles. The standard InChI is InChI=1S/C22H25N5O3S/c23-15-10-14(18-13-25-20(31-18)22(28)5-1-6-22)11-16(12-15)26-21-24-7-2-19(27-21)30-17-3-8-29-9-4-17/h2,7,10-13,17,28H,1,3-6,8-9,23H2,(H,24,26,27). The first-order valence-electron chi connectivity index (χ1n) is 10.5. The van der Waals surface area contributed by atoms with Gasteiger partial charge < -0.3 is 25.6 Å². The molecule has 1 saturated carbocycles. The molecular formula is C22H25N5O3S. The molecule has 0 amide bonds. The number of aliphatic hydroxyl groups is 1. The second kappa shape index (κ2) is 8.41. The summed E-state index contributed by atoms with van der Waals surface area (Å²) in [5.41, 5.74) is 7.72. The summed E-state index contributed by atoms with van der Waals surface area (Å²) in [7, 11) is 0. The highest BCUT2D eigenvalue weighted by atomic mass is 32.1. The van der Waals surface area contributed by atoms with Gasteiger partial charge >= 0.3 is 0 Å². The minimum Gasteiger partial charge on any atom is -0.474 e. The zero-order chi connectivity index (χ0) is 21.3. The Morgan fingerprint density at radius 1 is 1.19 bits per heavy atom. The Balaban J connectivity index is 1.33. The van der Waals surface area contributed by atoms with Crippen molar-refractivity contribution in [3.63, 3.8) is 0 Å². The summed E-state index contributed by atoms with van der Waals surface area (Å²) < 4.78 is 11.3. The lowest BCUT2D eigenvalue weighted by molar-refractivity contribution is -0.0389. The van der Waals surface area contributed by atoms with Crippen molar-refractivity contribution in [2.45, 2.75) is 43.8 Å². The van der Waals surface area contributed by atoms with Crippen LogP contribution in [0.5, 0.6) is 5.88 Å². The van der Waals surface area contributed by atoms with Crippen molar-refractivity contribution in [1.82, 2.24) is 15.0 Å². The van der Waals surface area contributed by atoms with Crippen LogP contribution in [0, 0.1) is 0 Å². The van der Waals surface area contributed by atoms with Crippen LogP contribution in [-0.2, 0) is 10.3 Å². The van der Waals surface area contributed by atoms with E-state index in [1.54, 1.807) is 18.5 Å². The van der Waals surface area contributed by atoms with Gasteiger partial charge in [-0.1, -0.05) is 0 Å². The lowest BCUT2D eigenvalue weighted by Gasteiger charge is -2.34. The summed E-state index contributed by atoms with van der Waals surface area (Å²) in [6.45, 7) is 1.42. The van der Waals surface area contributed by atoms with Crippen molar-refractivity contribution in [1.29, 1.82) is 0 Å². The van der Waals surface area contributed by atoms with E-state index >= 15 is 0 Å². The van der Waals surface area contributed by atoms with Crippen LogP contribution in [0.1, 0.15) is 37.1 Å². The molecule has 31 heavy (non-hydrogen) atoms. The minimum absolute atomic E-state index is 0.112. The van der Waals surface area contributed by atoms with E-state index in [1.165, 1.54) is 11.3 Å². The summed E-state index contributed by atoms with van der Waals surface area (Å²) in [4.78, 5) is 14.2. The van der Waals surface area contributed by atoms with Crippen LogP contribution < -0.4 is 15.8 Å². The molecule has 5 rings (SSSR count). The molecule has 162 valence electrons. The molecule has 9 heteroatoms. The largest absolute Gasteiger partial charge is 0.474 e. The predicted molar refractivity (Wildman–Crippen MR) is 119 cm³/mol. The molecule has 2 aliphatic rings. The third-order valence-electron chi connectivity index (χ3n) is 5.67. The molecule has 8 nitrogen and oxygen atoms in total. The van der Waals surface area contributed by atoms with Gasteiger partial charge in [-0.25, -0.2) is 9.97 Å². The Hall–Kier alpha value is -2.75. The number of aromatic nitrogens is 3. The second-order valence-corrected chi connectivity index (χ2v) is 9.06. The molecule has 2 aromatic heterocycles. The zero-order valence-corrected chi connectivity index (χ0v) is 17.9. The smallest absolute Gasteiger partial charge is 0.230 e. The van der Waals surface area contributed by atoms with E-state index in [0.29, 0.717) is 30.7 Å². The van der Waals surface area contributed by atoms with Crippen LogP contribution in [0.4, 0.5) is 17.3 Å². The van der Waals surface area contributed by atoms with Gasteiger partial charge in [-0.15, -0.1) is 11.3 Å². The van der Waals surface area contributed by atoms with Crippen LogP contribution in [0.2, 0.25) is 0 Å². The van der Waals surface area contributed by atoms with E-state index in [0.717, 1.165) is 53.2 Å². The van der Waals surface area contributed by atoms with E-state index in [1.807, 2.05) is 18.2 Å². The average Bonchev–Trinajstić information content (AvgIpc) is 3.23. The van der Waals surface area contributed by atoms with Crippen LogP contribution in [-0.4, -0.2) is 39.4 Å². The number of nitrogens with one attached hydrogen (secondary N) is 1. The fraction of sp³-hybridized carbons (Fsp3) is 0.409. The molecule has 0 bridgehead atoms. The van der Waals surface area contributed by atoms with E-state index in [4.69, 9.17) is 15.2 Å². The highest BCUT2D eigenvalue weighted by molar-refractivity contribution is 7.15. The van der Waals surface area contributed by atoms with Gasteiger partial charge in [0.15, 0.2) is 0 Å². The molecule has 0 unspecified atom stereocenters. The number of nitrogens with zero attached hydrogens (tertiary/aromatic N) is 3. The number of ether oxygens (including phenoxy) is 2. The zero-order valence-electron chi connectivity index (χ0n) is 17.1. The van der Waals surface area contributed by atoms with E-state index in [9.17, 15) is 5.11 Å². The molecule has 3 aromatic rings. The summed E-state index contributed by atoms with van der Waals surface area (Å²) in [5, 5.41) is 14.6. The number of nitrogens with two attached hydrogens (primary N) is 1. The van der Waals surface area contributed by atoms with Gasteiger partial charge in [0.2, 0.25) is 11.8 Å². The second-order valence-electron chi connectivity index (χ2n) is 8.03. The Morgan fingerprint density at radius 3 is 2.81 bits per heavy atom. The Bertz CT molecular complexity index is 1060. The molecule has 1 aromatic carbocycles. The van der Waals surface area contributed by atoms with Gasteiger partial charge in [-0.05, 0) is 43.0 Å². The molecule has 1 aliphatic carbocycles. The van der Waals surface area contributed by atoms with E-state index in [-0.39, 0.29) is 6.10 Å². The Morgan fingerprint density at radius 2 is 2.03 bits per heavy atom. The van der Waals surface area contributed by atoms with Crippen molar-refractivity contribution in [3.8, 4) is 16.3 Å². The number of rotatable bonds is 6. The average molecular weight is 440 g/mol. The van der Waals surface area contributed by atoms with Crippen molar-refractivity contribution >= 4 is 28.7 Å². The predicted octanol–water partition coefficient (Wildman–Crippen LogP) is 3.86. The first-order valence-corrected chi connectivity index (χ1v) is 11.3. The normalized spacial score (nSPS) is 18.4. The number of hydrogen-bond donors (Lipinski definition) is 3. The van der Waals surface area contributed by atoms with Crippen LogP contribution in [0.15, 0.2) is 36.7 Å². The van der Waals surface area contributed by atoms with Gasteiger partial charge in [0.25, 0.3) is 0 Å². The van der Waals surface area contributed by atoms with Crippen molar-refractivity contribution in [3.05, 3.63) is 41.7 Å². The molecule has 2 fully saturated rings.